The summed E-state index contributed by atoms with van der Waals surface area (Å²) in [6, 6.07) is 4.27. The number of carboxylic acids is 1. The number of hydrogen-bond acceptors (Lipinski definition) is 4. The van der Waals surface area contributed by atoms with Crippen molar-refractivity contribution in [1.82, 2.24) is 9.55 Å². The molecule has 0 aliphatic carbocycles. The molecule has 0 fully saturated rings. The van der Waals surface area contributed by atoms with Crippen LogP contribution in [0.25, 0.3) is 0 Å². The first kappa shape index (κ1) is 15.2. The number of nitrogens with zero attached hydrogens (tertiary/aromatic N) is 2. The van der Waals surface area contributed by atoms with Crippen molar-refractivity contribution in [1.29, 1.82) is 0 Å². The molecule has 1 heterocycles. The second kappa shape index (κ2) is 6.09. The molecule has 21 heavy (non-hydrogen) atoms. The van der Waals surface area contributed by atoms with Gasteiger partial charge in [0.15, 0.2) is 9.84 Å². The third kappa shape index (κ3) is 3.49. The number of aryl methyl sites for hydroxylation is 2. The van der Waals surface area contributed by atoms with Crippen LogP contribution in [0.4, 0.5) is 0 Å². The molecular weight excluding hydrogens is 292 g/mol. The van der Waals surface area contributed by atoms with Crippen LogP contribution in [0.15, 0.2) is 41.8 Å². The summed E-state index contributed by atoms with van der Waals surface area (Å²) in [4.78, 5) is 15.1. The summed E-state index contributed by atoms with van der Waals surface area (Å²) < 4.78 is 26.2. The normalized spacial score (nSPS) is 11.5. The van der Waals surface area contributed by atoms with Crippen molar-refractivity contribution in [3.8, 4) is 0 Å². The van der Waals surface area contributed by atoms with E-state index in [1.54, 1.807) is 29.4 Å². The Morgan fingerprint density at radius 2 is 2.14 bits per heavy atom. The van der Waals surface area contributed by atoms with Crippen molar-refractivity contribution >= 4 is 15.8 Å². The van der Waals surface area contributed by atoms with Gasteiger partial charge in [0.25, 0.3) is 0 Å². The van der Waals surface area contributed by atoms with Gasteiger partial charge in [0, 0.05) is 18.9 Å². The number of carbonyl (C=O) groups is 1. The summed E-state index contributed by atoms with van der Waals surface area (Å²) in [5, 5.41) is 9.16. The Morgan fingerprint density at radius 3 is 2.71 bits per heavy atom. The van der Waals surface area contributed by atoms with Gasteiger partial charge in [-0.15, -0.1) is 0 Å². The molecule has 1 N–H and O–H groups in total. The quantitative estimate of drug-likeness (QED) is 0.876. The highest BCUT2D eigenvalue weighted by atomic mass is 32.2. The van der Waals surface area contributed by atoms with Crippen molar-refractivity contribution in [3.63, 3.8) is 0 Å². The van der Waals surface area contributed by atoms with Gasteiger partial charge in [-0.2, -0.15) is 0 Å². The van der Waals surface area contributed by atoms with E-state index >= 15 is 0 Å². The van der Waals surface area contributed by atoms with Gasteiger partial charge in [-0.1, -0.05) is 13.0 Å². The number of aromatic carboxylic acids is 1. The Labute approximate surface area is 123 Å². The molecule has 0 saturated heterocycles. The summed E-state index contributed by atoms with van der Waals surface area (Å²) in [5.74, 6) is -1.22. The van der Waals surface area contributed by atoms with Gasteiger partial charge in [-0.25, -0.2) is 18.2 Å². The number of hydrogen-bond donors (Lipinski definition) is 1. The molecule has 0 aliphatic rings. The van der Waals surface area contributed by atoms with Crippen LogP contribution >= 0.6 is 0 Å². The molecule has 0 atom stereocenters. The average Bonchev–Trinajstić information content (AvgIpc) is 2.97. The Hall–Kier alpha value is -2.15. The van der Waals surface area contributed by atoms with Crippen molar-refractivity contribution in [2.75, 3.05) is 5.75 Å². The third-order valence-electron chi connectivity index (χ3n) is 3.23. The molecule has 112 valence electrons. The lowest BCUT2D eigenvalue weighted by Crippen LogP contribution is -2.14. The molecule has 1 aromatic carbocycles. The SMILES string of the molecule is CCc1ccc(S(=O)(=O)CCn2ccnc2)cc1C(=O)O. The highest BCUT2D eigenvalue weighted by molar-refractivity contribution is 7.91. The van der Waals surface area contributed by atoms with Gasteiger partial charge < -0.3 is 9.67 Å². The Morgan fingerprint density at radius 1 is 1.38 bits per heavy atom. The van der Waals surface area contributed by atoms with E-state index in [0.717, 1.165) is 0 Å². The van der Waals surface area contributed by atoms with Crippen molar-refractivity contribution < 1.29 is 18.3 Å². The lowest BCUT2D eigenvalue weighted by Gasteiger charge is -2.09. The van der Waals surface area contributed by atoms with E-state index in [2.05, 4.69) is 4.98 Å². The van der Waals surface area contributed by atoms with Crippen LogP contribution in [0.2, 0.25) is 0 Å². The number of aromatic nitrogens is 2. The third-order valence-corrected chi connectivity index (χ3v) is 4.92. The molecule has 0 aliphatic heterocycles. The van der Waals surface area contributed by atoms with Gasteiger partial charge in [0.2, 0.25) is 0 Å². The van der Waals surface area contributed by atoms with E-state index in [9.17, 15) is 13.2 Å². The summed E-state index contributed by atoms with van der Waals surface area (Å²) in [6.45, 7) is 2.11. The lowest BCUT2D eigenvalue weighted by atomic mass is 10.1. The topological polar surface area (TPSA) is 89.3 Å². The second-order valence-corrected chi connectivity index (χ2v) is 6.71. The van der Waals surface area contributed by atoms with E-state index in [4.69, 9.17) is 5.11 Å². The predicted molar refractivity (Wildman–Crippen MR) is 77.1 cm³/mol. The fourth-order valence-electron chi connectivity index (χ4n) is 2.02. The smallest absolute Gasteiger partial charge is 0.336 e. The molecule has 0 unspecified atom stereocenters. The van der Waals surface area contributed by atoms with Crippen LogP contribution in [-0.4, -0.2) is 34.8 Å². The summed E-state index contributed by atoms with van der Waals surface area (Å²) >= 11 is 0. The maximum Gasteiger partial charge on any atom is 0.336 e. The molecule has 2 aromatic rings. The lowest BCUT2D eigenvalue weighted by molar-refractivity contribution is 0.0695. The first-order valence-electron chi connectivity index (χ1n) is 6.48. The minimum atomic E-state index is -3.53. The van der Waals surface area contributed by atoms with E-state index < -0.39 is 15.8 Å². The second-order valence-electron chi connectivity index (χ2n) is 4.60. The molecule has 1 aromatic heterocycles. The van der Waals surface area contributed by atoms with Crippen molar-refractivity contribution in [3.05, 3.63) is 48.0 Å². The molecular formula is C14H16N2O4S. The molecule has 0 radical (unpaired) electrons. The van der Waals surface area contributed by atoms with Crippen LogP contribution in [-0.2, 0) is 22.8 Å². The summed E-state index contributed by atoms with van der Waals surface area (Å²) in [6.07, 6.45) is 5.33. The van der Waals surface area contributed by atoms with Crippen LogP contribution in [0.3, 0.4) is 0 Å². The fourth-order valence-corrected chi connectivity index (χ4v) is 3.28. The van der Waals surface area contributed by atoms with Gasteiger partial charge in [-0.3, -0.25) is 0 Å². The zero-order valence-electron chi connectivity index (χ0n) is 11.6. The Kier molecular flexibility index (Phi) is 4.42. The van der Waals surface area contributed by atoms with E-state index in [1.165, 1.54) is 12.1 Å². The van der Waals surface area contributed by atoms with E-state index in [-0.39, 0.29) is 22.8 Å². The molecule has 6 nitrogen and oxygen atoms in total. The maximum absolute atomic E-state index is 12.3. The molecule has 0 bridgehead atoms. The standard InChI is InChI=1S/C14H16N2O4S/c1-2-11-3-4-12(9-13(11)14(17)18)21(19,20)8-7-16-6-5-15-10-16/h3-6,9-10H,2,7-8H2,1H3,(H,17,18). The number of sulfone groups is 1. The van der Waals surface area contributed by atoms with E-state index in [1.807, 2.05) is 6.92 Å². The van der Waals surface area contributed by atoms with Gasteiger partial charge in [0.05, 0.1) is 22.5 Å². The minimum Gasteiger partial charge on any atom is -0.478 e. The number of rotatable bonds is 6. The zero-order chi connectivity index (χ0) is 15.5. The van der Waals surface area contributed by atoms with Gasteiger partial charge in [0.1, 0.15) is 0 Å². The first-order chi connectivity index (χ1) is 9.94. The van der Waals surface area contributed by atoms with Gasteiger partial charge >= 0.3 is 5.97 Å². The first-order valence-corrected chi connectivity index (χ1v) is 8.14. The van der Waals surface area contributed by atoms with Gasteiger partial charge in [-0.05, 0) is 24.1 Å². The molecule has 0 saturated carbocycles. The Bertz CT molecular complexity index is 736. The Balaban J connectivity index is 2.27. The predicted octanol–water partition coefficient (Wildman–Crippen LogP) is 1.62. The minimum absolute atomic E-state index is 0.0391. The van der Waals surface area contributed by atoms with E-state index in [0.29, 0.717) is 12.0 Å². The summed E-state index contributed by atoms with van der Waals surface area (Å²) in [7, 11) is -3.53. The maximum atomic E-state index is 12.3. The largest absolute Gasteiger partial charge is 0.478 e. The van der Waals surface area contributed by atoms with Crippen molar-refractivity contribution in [2.24, 2.45) is 0 Å². The molecule has 0 spiro atoms. The summed E-state index contributed by atoms with van der Waals surface area (Å²) in [5.41, 5.74) is 0.664. The molecule has 2 rings (SSSR count). The van der Waals surface area contributed by atoms with Crippen LogP contribution in [0.1, 0.15) is 22.8 Å². The van der Waals surface area contributed by atoms with Crippen molar-refractivity contribution in [2.45, 2.75) is 24.8 Å². The monoisotopic (exact) mass is 308 g/mol. The number of imidazole rings is 1. The highest BCUT2D eigenvalue weighted by Gasteiger charge is 2.18. The fraction of sp³-hybridized carbons (Fsp3) is 0.286. The number of carboxylic acid groups (broad SMARTS) is 1. The molecule has 0 amide bonds. The average molecular weight is 308 g/mol. The van der Waals surface area contributed by atoms with Crippen LogP contribution < -0.4 is 0 Å². The van der Waals surface area contributed by atoms with Crippen LogP contribution in [0, 0.1) is 0 Å². The number of benzene rings is 1. The molecule has 7 heteroatoms. The highest BCUT2D eigenvalue weighted by Crippen LogP contribution is 2.18. The zero-order valence-corrected chi connectivity index (χ0v) is 12.4. The van der Waals surface area contributed by atoms with Crippen LogP contribution in [0.5, 0.6) is 0 Å².